The quantitative estimate of drug-likeness (QED) is 0.922. The molecule has 1 aromatic carbocycles. The van der Waals surface area contributed by atoms with Crippen molar-refractivity contribution in [2.75, 3.05) is 27.3 Å². The van der Waals surface area contributed by atoms with Gasteiger partial charge in [-0.3, -0.25) is 4.90 Å². The Labute approximate surface area is 153 Å². The maximum absolute atomic E-state index is 10.9. The normalized spacial score (nSPS) is 42.0. The molecule has 2 heterocycles. The lowest BCUT2D eigenvalue weighted by Crippen LogP contribution is -2.48. The molecule has 23 heavy (non-hydrogen) atoms. The molecule has 1 N–H and O–H groups in total. The molecule has 4 nitrogen and oxygen atoms in total. The average molecular weight is 330 g/mol. The van der Waals surface area contributed by atoms with Crippen LogP contribution in [-0.2, 0) is 6.37 Å². The van der Waals surface area contributed by atoms with Crippen LogP contribution in [0.4, 0.5) is 0 Å². The van der Waals surface area contributed by atoms with Crippen LogP contribution in [0, 0.1) is 11.8 Å². The van der Waals surface area contributed by atoms with Gasteiger partial charge in [0.05, 0.1) is 20.3 Å². The third-order valence-electron chi connectivity index (χ3n) is 4.35. The zero-order chi connectivity index (χ0) is 25.4. The summed E-state index contributed by atoms with van der Waals surface area (Å²) >= 11 is 0. The molecule has 0 radical (unpaired) electrons. The predicted molar refractivity (Wildman–Crippen MR) is 91.1 cm³/mol. The zero-order valence-electron chi connectivity index (χ0n) is 23.5. The van der Waals surface area contributed by atoms with Crippen molar-refractivity contribution < 1.29 is 28.3 Å². The minimum Gasteiger partial charge on any atom is -0.493 e. The lowest BCUT2D eigenvalue weighted by Gasteiger charge is -2.46. The number of hydrogen-bond donors (Lipinski definition) is 1. The Morgan fingerprint density at radius 2 is 2.22 bits per heavy atom. The van der Waals surface area contributed by atoms with Crippen LogP contribution in [0.2, 0.25) is 0 Å². The number of aryl methyl sites for hydroxylation is 1. The van der Waals surface area contributed by atoms with Gasteiger partial charge >= 0.3 is 0 Å². The van der Waals surface area contributed by atoms with Gasteiger partial charge in [0.15, 0.2) is 11.5 Å². The van der Waals surface area contributed by atoms with Gasteiger partial charge in [-0.15, -0.1) is 0 Å². The maximum atomic E-state index is 10.9. The minimum atomic E-state index is -3.00. The van der Waals surface area contributed by atoms with Crippen LogP contribution in [0.5, 0.6) is 11.5 Å². The first-order valence-electron chi connectivity index (χ1n) is 12.6. The first-order chi connectivity index (χ1) is 14.9. The largest absolute Gasteiger partial charge is 0.493 e. The maximum Gasteiger partial charge on any atom is 0.161 e. The molecule has 0 saturated carbocycles. The molecule has 1 aromatic rings. The molecule has 0 bridgehead atoms. The number of rotatable bonds is 4. The summed E-state index contributed by atoms with van der Waals surface area (Å²) in [6, 6.07) is 2.07. The van der Waals surface area contributed by atoms with Crippen LogP contribution in [0.25, 0.3) is 0 Å². The summed E-state index contributed by atoms with van der Waals surface area (Å²) in [6.07, 6.45) is -6.86. The SMILES string of the molecule is [2H]C([2H])([2H])C([2H])(C)C([2H])([2H])[C@H]1CN2[C@@H](C[C@H]1O)c1cc(OC)c(OC)cc1C([2H])([2H])C2([2H])[2H]. The van der Waals surface area contributed by atoms with Crippen molar-refractivity contribution in [1.29, 1.82) is 0 Å². The van der Waals surface area contributed by atoms with E-state index >= 15 is 0 Å². The first kappa shape index (κ1) is 8.21. The number of fused-ring (bicyclic) bond motifs is 3. The third kappa shape index (κ3) is 3.20. The number of aliphatic hydroxyl groups excluding tert-OH is 1. The summed E-state index contributed by atoms with van der Waals surface area (Å²) in [5.74, 6) is -3.52. The van der Waals surface area contributed by atoms with E-state index in [1.807, 2.05) is 0 Å². The minimum absolute atomic E-state index is 0.0351. The molecule has 0 spiro atoms. The van der Waals surface area contributed by atoms with Crippen LogP contribution >= 0.6 is 0 Å². The van der Waals surface area contributed by atoms with Crippen molar-refractivity contribution in [2.45, 2.75) is 45.1 Å². The second kappa shape index (κ2) is 6.70. The highest BCUT2D eigenvalue weighted by Crippen LogP contribution is 2.43. The third-order valence-corrected chi connectivity index (χ3v) is 4.35. The summed E-state index contributed by atoms with van der Waals surface area (Å²) in [4.78, 5) is 1.13. The number of hydrogen-bond acceptors (Lipinski definition) is 4. The molecule has 1 unspecified atom stereocenters. The summed E-state index contributed by atoms with van der Waals surface area (Å²) < 4.78 is 93.2. The zero-order valence-corrected chi connectivity index (χ0v) is 13.5. The van der Waals surface area contributed by atoms with Crippen molar-refractivity contribution >= 4 is 0 Å². The Hall–Kier alpha value is -1.26. The Morgan fingerprint density at radius 1 is 1.48 bits per heavy atom. The molecule has 2 aliphatic heterocycles. The van der Waals surface area contributed by atoms with E-state index in [1.165, 1.54) is 26.4 Å². The van der Waals surface area contributed by atoms with Crippen molar-refractivity contribution in [1.82, 2.24) is 4.90 Å². The van der Waals surface area contributed by atoms with E-state index in [4.69, 9.17) is 23.2 Å². The molecule has 4 heteroatoms. The van der Waals surface area contributed by atoms with Crippen LogP contribution < -0.4 is 9.47 Å². The van der Waals surface area contributed by atoms with Gasteiger partial charge in [-0.2, -0.15) is 0 Å². The molecule has 0 aliphatic carbocycles. The molecule has 1 fully saturated rings. The highest BCUT2D eigenvalue weighted by Gasteiger charge is 2.38. The summed E-state index contributed by atoms with van der Waals surface area (Å²) in [7, 11) is 2.78. The number of piperidine rings is 1. The lowest BCUT2D eigenvalue weighted by molar-refractivity contribution is -0.0191. The number of ether oxygens (including phenoxy) is 2. The molecular formula is C19H29NO3. The van der Waals surface area contributed by atoms with E-state index in [-0.39, 0.29) is 17.7 Å². The topological polar surface area (TPSA) is 41.9 Å². The van der Waals surface area contributed by atoms with Gasteiger partial charge in [-0.05, 0) is 54.2 Å². The smallest absolute Gasteiger partial charge is 0.161 e. The Morgan fingerprint density at radius 3 is 2.91 bits per heavy atom. The Balaban J connectivity index is 2.14. The summed E-state index contributed by atoms with van der Waals surface area (Å²) in [6.45, 7) is -5.17. The molecule has 1 saturated heterocycles. The summed E-state index contributed by atoms with van der Waals surface area (Å²) in [5.41, 5.74) is 0.406. The number of nitrogens with zero attached hydrogens (tertiary/aromatic N) is 1. The molecule has 0 aromatic heterocycles. The van der Waals surface area contributed by atoms with Gasteiger partial charge in [-0.1, -0.05) is 13.8 Å². The molecule has 0 amide bonds. The standard InChI is InChI=1S/C19H29NO3/c1-12(2)7-14-11-20-6-5-13-8-18(22-3)19(23-4)9-15(13)16(20)10-17(14)21/h8-9,12,14,16-17,21H,5-7,10-11H2,1-4H3/t14-,16-,17+/m0/s1/i1D3,5D2,6D2,7D2,12D/t12?,14-,16-,17+. The van der Waals surface area contributed by atoms with Gasteiger partial charge in [0.2, 0.25) is 0 Å². The van der Waals surface area contributed by atoms with Gasteiger partial charge in [-0.25, -0.2) is 0 Å². The van der Waals surface area contributed by atoms with E-state index in [1.54, 1.807) is 0 Å². The highest BCUT2D eigenvalue weighted by molar-refractivity contribution is 5.49. The van der Waals surface area contributed by atoms with E-state index in [9.17, 15) is 5.11 Å². The van der Waals surface area contributed by atoms with Gasteiger partial charge < -0.3 is 14.6 Å². The van der Waals surface area contributed by atoms with Crippen molar-refractivity contribution in [2.24, 2.45) is 11.8 Å². The number of methoxy groups -OCH3 is 2. The van der Waals surface area contributed by atoms with Crippen LogP contribution in [0.15, 0.2) is 12.1 Å². The van der Waals surface area contributed by atoms with Gasteiger partial charge in [0.25, 0.3) is 0 Å². The molecular weight excluding hydrogens is 290 g/mol. The van der Waals surface area contributed by atoms with E-state index in [0.29, 0.717) is 11.3 Å². The number of aliphatic hydroxyl groups is 1. The lowest BCUT2D eigenvalue weighted by atomic mass is 9.79. The first-order valence-corrected chi connectivity index (χ1v) is 7.57. The number of benzene rings is 1. The van der Waals surface area contributed by atoms with E-state index in [0.717, 1.165) is 11.8 Å². The predicted octanol–water partition coefficient (Wildman–Crippen LogP) is 3.03. The van der Waals surface area contributed by atoms with E-state index in [2.05, 4.69) is 0 Å². The second-order valence-electron chi connectivity index (χ2n) is 5.88. The van der Waals surface area contributed by atoms with Crippen LogP contribution in [0.3, 0.4) is 0 Å². The molecule has 2 aliphatic rings. The average Bonchev–Trinajstić information content (AvgIpc) is 2.70. The fourth-order valence-corrected chi connectivity index (χ4v) is 3.23. The summed E-state index contributed by atoms with van der Waals surface area (Å²) in [5, 5.41) is 10.9. The van der Waals surface area contributed by atoms with E-state index < -0.39 is 56.6 Å². The van der Waals surface area contributed by atoms with Gasteiger partial charge in [0, 0.05) is 32.8 Å². The fourth-order valence-electron chi connectivity index (χ4n) is 3.23. The second-order valence-corrected chi connectivity index (χ2v) is 5.88. The van der Waals surface area contributed by atoms with Crippen LogP contribution in [-0.4, -0.2) is 43.4 Å². The van der Waals surface area contributed by atoms with Crippen molar-refractivity contribution in [3.63, 3.8) is 0 Å². The fraction of sp³-hybridized carbons (Fsp3) is 0.684. The Kier molecular flexibility index (Phi) is 2.39. The molecule has 4 atom stereocenters. The van der Waals surface area contributed by atoms with Crippen molar-refractivity contribution in [3.05, 3.63) is 23.3 Å². The van der Waals surface area contributed by atoms with Crippen LogP contribution in [0.1, 0.15) is 57.4 Å². The monoisotopic (exact) mass is 329 g/mol. The Bertz CT molecular complexity index is 918. The molecule has 128 valence electrons. The van der Waals surface area contributed by atoms with Gasteiger partial charge in [0.1, 0.15) is 0 Å². The highest BCUT2D eigenvalue weighted by atomic mass is 16.5. The molecule has 3 rings (SSSR count). The van der Waals surface area contributed by atoms with Crippen molar-refractivity contribution in [3.8, 4) is 11.5 Å².